The van der Waals surface area contributed by atoms with E-state index in [9.17, 15) is 9.65 Å². The van der Waals surface area contributed by atoms with Crippen molar-refractivity contribution in [3.8, 4) is 6.07 Å². The molecule has 154 valence electrons. The van der Waals surface area contributed by atoms with E-state index in [1.165, 1.54) is 17.8 Å². The third kappa shape index (κ3) is 5.04. The van der Waals surface area contributed by atoms with E-state index in [0.29, 0.717) is 11.7 Å². The van der Waals surface area contributed by atoms with Gasteiger partial charge in [-0.05, 0) is 32.3 Å². The third-order valence-electron chi connectivity index (χ3n) is 5.82. The quantitative estimate of drug-likeness (QED) is 0.707. The fraction of sp³-hybridized carbons (Fsp3) is 0.478. The van der Waals surface area contributed by atoms with Crippen LogP contribution in [0.3, 0.4) is 0 Å². The number of hydrogen-bond acceptors (Lipinski definition) is 5. The summed E-state index contributed by atoms with van der Waals surface area (Å²) in [5, 5.41) is 9.30. The van der Waals surface area contributed by atoms with Crippen molar-refractivity contribution in [2.75, 3.05) is 36.5 Å². The van der Waals surface area contributed by atoms with Crippen LogP contribution in [-0.2, 0) is 6.54 Å². The molecule has 5 nitrogen and oxygen atoms in total. The molecule has 1 saturated heterocycles. The Balaban J connectivity index is 1.73. The van der Waals surface area contributed by atoms with E-state index in [0.717, 1.165) is 44.8 Å². The smallest absolute Gasteiger partial charge is 0.152 e. The van der Waals surface area contributed by atoms with Gasteiger partial charge in [-0.2, -0.15) is 5.26 Å². The van der Waals surface area contributed by atoms with Gasteiger partial charge in [0.1, 0.15) is 11.9 Å². The molecule has 3 rings (SSSR count). The van der Waals surface area contributed by atoms with E-state index in [1.807, 2.05) is 20.0 Å². The monoisotopic (exact) mass is 395 g/mol. The second kappa shape index (κ2) is 9.71. The fourth-order valence-electron chi connectivity index (χ4n) is 4.01. The molecule has 6 heteroatoms. The molecule has 0 aliphatic carbocycles. The molecule has 0 bridgehead atoms. The molecule has 2 aromatic rings. The van der Waals surface area contributed by atoms with E-state index in [-0.39, 0.29) is 11.9 Å². The largest absolute Gasteiger partial charge is 0.356 e. The predicted molar refractivity (Wildman–Crippen MR) is 115 cm³/mol. The van der Waals surface area contributed by atoms with Crippen molar-refractivity contribution in [1.82, 2.24) is 9.88 Å². The van der Waals surface area contributed by atoms with E-state index < -0.39 is 0 Å². The number of halogens is 1. The highest BCUT2D eigenvalue weighted by molar-refractivity contribution is 5.68. The molecule has 0 saturated carbocycles. The zero-order valence-corrected chi connectivity index (χ0v) is 17.6. The van der Waals surface area contributed by atoms with Gasteiger partial charge in [0, 0.05) is 45.3 Å². The standard InChI is InChI=1S/C23H30FN5/c1-4-29(23-22(14-20(24)16-26-23)27(3)18(2)15-25)21-10-12-28(13-11-21)17-19-8-6-5-7-9-19/h5-9,14,16,18,21H,4,10-13,17H2,1-3H3. The van der Waals surface area contributed by atoms with E-state index in [4.69, 9.17) is 0 Å². The highest BCUT2D eigenvalue weighted by Crippen LogP contribution is 2.32. The number of anilines is 2. The Morgan fingerprint density at radius 3 is 2.59 bits per heavy atom. The molecule has 0 spiro atoms. The summed E-state index contributed by atoms with van der Waals surface area (Å²) in [4.78, 5) is 11.0. The molecule has 0 radical (unpaired) electrons. The summed E-state index contributed by atoms with van der Waals surface area (Å²) >= 11 is 0. The van der Waals surface area contributed by atoms with Gasteiger partial charge in [-0.15, -0.1) is 0 Å². The van der Waals surface area contributed by atoms with Crippen LogP contribution < -0.4 is 9.80 Å². The summed E-state index contributed by atoms with van der Waals surface area (Å²) in [6.45, 7) is 7.74. The van der Waals surface area contributed by atoms with Crippen molar-refractivity contribution in [3.63, 3.8) is 0 Å². The maximum Gasteiger partial charge on any atom is 0.152 e. The summed E-state index contributed by atoms with van der Waals surface area (Å²) in [5.74, 6) is 0.384. The Hall–Kier alpha value is -2.65. The fourth-order valence-corrected chi connectivity index (χ4v) is 4.01. The molecule has 0 N–H and O–H groups in total. The molecule has 29 heavy (non-hydrogen) atoms. The van der Waals surface area contributed by atoms with Crippen LogP contribution in [-0.4, -0.2) is 48.6 Å². The molecule has 0 amide bonds. The highest BCUT2D eigenvalue weighted by atomic mass is 19.1. The van der Waals surface area contributed by atoms with E-state index in [1.54, 1.807) is 4.90 Å². The lowest BCUT2D eigenvalue weighted by Crippen LogP contribution is -2.45. The van der Waals surface area contributed by atoms with Crippen molar-refractivity contribution in [3.05, 3.63) is 54.0 Å². The minimum atomic E-state index is -0.380. The lowest BCUT2D eigenvalue weighted by atomic mass is 10.0. The molecule has 1 aromatic heterocycles. The molecule has 2 heterocycles. The number of hydrogen-bond donors (Lipinski definition) is 0. The Labute approximate surface area is 173 Å². The average molecular weight is 396 g/mol. The first kappa shape index (κ1) is 21.1. The average Bonchev–Trinajstić information content (AvgIpc) is 2.76. The Kier molecular flexibility index (Phi) is 7.05. The van der Waals surface area contributed by atoms with Gasteiger partial charge in [-0.3, -0.25) is 4.90 Å². The number of nitrogens with zero attached hydrogens (tertiary/aromatic N) is 5. The lowest BCUT2D eigenvalue weighted by molar-refractivity contribution is 0.201. The topological polar surface area (TPSA) is 46.4 Å². The summed E-state index contributed by atoms with van der Waals surface area (Å²) in [7, 11) is 1.82. The van der Waals surface area contributed by atoms with E-state index in [2.05, 4.69) is 52.0 Å². The van der Waals surface area contributed by atoms with Gasteiger partial charge < -0.3 is 9.80 Å². The van der Waals surface area contributed by atoms with Crippen LogP contribution in [0.25, 0.3) is 0 Å². The van der Waals surface area contributed by atoms with Crippen LogP contribution >= 0.6 is 0 Å². The van der Waals surface area contributed by atoms with Crippen molar-refractivity contribution >= 4 is 11.5 Å². The van der Waals surface area contributed by atoms with Crippen LogP contribution in [0.15, 0.2) is 42.6 Å². The maximum atomic E-state index is 13.9. The van der Waals surface area contributed by atoms with Gasteiger partial charge in [0.05, 0.1) is 18.0 Å². The van der Waals surface area contributed by atoms with Crippen LogP contribution in [0, 0.1) is 17.1 Å². The second-order valence-corrected chi connectivity index (χ2v) is 7.69. The molecular formula is C23H30FN5. The second-order valence-electron chi connectivity index (χ2n) is 7.69. The van der Waals surface area contributed by atoms with Crippen LogP contribution in [0.4, 0.5) is 15.9 Å². The zero-order chi connectivity index (χ0) is 20.8. The lowest BCUT2D eigenvalue weighted by Gasteiger charge is -2.40. The minimum absolute atomic E-state index is 0.356. The Bertz CT molecular complexity index is 827. The summed E-state index contributed by atoms with van der Waals surface area (Å²) in [6, 6.07) is 14.3. The van der Waals surface area contributed by atoms with Crippen molar-refractivity contribution in [2.45, 2.75) is 45.3 Å². The van der Waals surface area contributed by atoms with Gasteiger partial charge in [0.2, 0.25) is 0 Å². The SMILES string of the molecule is CCN(c1ncc(F)cc1N(C)C(C)C#N)C1CCN(Cc2ccccc2)CC1. The minimum Gasteiger partial charge on any atom is -0.356 e. The van der Waals surface area contributed by atoms with Gasteiger partial charge in [-0.1, -0.05) is 30.3 Å². The summed E-state index contributed by atoms with van der Waals surface area (Å²) in [6.07, 6.45) is 3.35. The number of likely N-dealkylation sites (tertiary alicyclic amines) is 1. The first-order valence-electron chi connectivity index (χ1n) is 10.3. The molecule has 1 aromatic carbocycles. The molecule has 1 aliphatic heterocycles. The number of piperidine rings is 1. The normalized spacial score (nSPS) is 16.2. The Morgan fingerprint density at radius 2 is 1.97 bits per heavy atom. The summed E-state index contributed by atoms with van der Waals surface area (Å²) in [5.41, 5.74) is 2.01. The van der Waals surface area contributed by atoms with Gasteiger partial charge in [-0.25, -0.2) is 9.37 Å². The van der Waals surface area contributed by atoms with Crippen molar-refractivity contribution < 1.29 is 4.39 Å². The van der Waals surface area contributed by atoms with Crippen LogP contribution in [0.2, 0.25) is 0 Å². The maximum absolute atomic E-state index is 13.9. The summed E-state index contributed by atoms with van der Waals surface area (Å²) < 4.78 is 13.9. The van der Waals surface area contributed by atoms with Crippen molar-refractivity contribution in [2.24, 2.45) is 0 Å². The number of benzene rings is 1. The zero-order valence-electron chi connectivity index (χ0n) is 17.6. The predicted octanol–water partition coefficient (Wildman–Crippen LogP) is 4.06. The van der Waals surface area contributed by atoms with Crippen molar-refractivity contribution in [1.29, 1.82) is 5.26 Å². The number of nitriles is 1. The molecule has 1 atom stereocenters. The molecule has 1 aliphatic rings. The van der Waals surface area contributed by atoms with Crippen LogP contribution in [0.1, 0.15) is 32.3 Å². The highest BCUT2D eigenvalue weighted by Gasteiger charge is 2.28. The number of rotatable bonds is 7. The number of aromatic nitrogens is 1. The first-order chi connectivity index (χ1) is 14.0. The Morgan fingerprint density at radius 1 is 1.28 bits per heavy atom. The third-order valence-corrected chi connectivity index (χ3v) is 5.82. The van der Waals surface area contributed by atoms with Crippen LogP contribution in [0.5, 0.6) is 0 Å². The van der Waals surface area contributed by atoms with Gasteiger partial charge in [0.15, 0.2) is 5.82 Å². The van der Waals surface area contributed by atoms with E-state index >= 15 is 0 Å². The van der Waals surface area contributed by atoms with Gasteiger partial charge in [0.25, 0.3) is 0 Å². The molecule has 1 unspecified atom stereocenters. The van der Waals surface area contributed by atoms with Gasteiger partial charge >= 0.3 is 0 Å². The molecular weight excluding hydrogens is 365 g/mol. The number of pyridine rings is 1. The first-order valence-corrected chi connectivity index (χ1v) is 10.3. The molecule has 1 fully saturated rings.